The second-order valence-electron chi connectivity index (χ2n) is 11.0. The highest BCUT2D eigenvalue weighted by Gasteiger charge is 2.51. The Kier molecular flexibility index (Phi) is 9.66. The summed E-state index contributed by atoms with van der Waals surface area (Å²) in [6, 6.07) is 11.2. The number of nitrogens with one attached hydrogen (secondary N) is 1. The summed E-state index contributed by atoms with van der Waals surface area (Å²) >= 11 is 0. The van der Waals surface area contributed by atoms with Crippen molar-refractivity contribution < 1.29 is 51.9 Å². The number of carbonyl (C=O) groups is 2. The van der Waals surface area contributed by atoms with Crippen LogP contribution >= 0.6 is 0 Å². The quantitative estimate of drug-likeness (QED) is 0.249. The van der Waals surface area contributed by atoms with Crippen molar-refractivity contribution in [2.24, 2.45) is 0 Å². The van der Waals surface area contributed by atoms with E-state index in [0.29, 0.717) is 16.7 Å². The van der Waals surface area contributed by atoms with Gasteiger partial charge in [-0.2, -0.15) is 13.2 Å². The molecule has 1 aliphatic carbocycles. The fraction of sp³-hybridized carbons (Fsp3) is 0.333. The van der Waals surface area contributed by atoms with Crippen LogP contribution in [0.2, 0.25) is 0 Å². The largest absolute Gasteiger partial charge is 0.493 e. The first-order valence-electron chi connectivity index (χ1n) is 14.5. The highest BCUT2D eigenvalue weighted by atomic mass is 19.4. The molecule has 2 amide bonds. The summed E-state index contributed by atoms with van der Waals surface area (Å²) in [6.07, 6.45) is -5.70. The molecule has 3 aromatic carbocycles. The lowest BCUT2D eigenvalue weighted by Gasteiger charge is -2.40. The van der Waals surface area contributed by atoms with Crippen molar-refractivity contribution in [1.29, 1.82) is 0 Å². The van der Waals surface area contributed by atoms with Crippen LogP contribution < -0.4 is 14.8 Å². The monoisotopic (exact) mass is 644 g/mol. The molecule has 0 radical (unpaired) electrons. The van der Waals surface area contributed by atoms with Crippen LogP contribution in [-0.4, -0.2) is 77.1 Å². The number of nitrogens with zero attached hydrogens (tertiary/aromatic N) is 1. The van der Waals surface area contributed by atoms with Crippen LogP contribution in [0.4, 0.5) is 17.6 Å². The molecule has 0 spiro atoms. The molecular formula is C33H32F4N2O7. The molecule has 13 heteroatoms. The number of aliphatic hydroxyl groups excluding tert-OH is 3. The molecule has 4 N–H and O–H groups in total. The molecule has 4 atom stereocenters. The average molecular weight is 645 g/mol. The third kappa shape index (κ3) is 6.57. The van der Waals surface area contributed by atoms with E-state index in [0.717, 1.165) is 24.3 Å². The number of benzene rings is 3. The van der Waals surface area contributed by atoms with Crippen molar-refractivity contribution >= 4 is 11.8 Å². The molecule has 5 rings (SSSR count). The number of ether oxygens (including phenoxy) is 2. The van der Waals surface area contributed by atoms with Crippen molar-refractivity contribution in [1.82, 2.24) is 10.2 Å². The Morgan fingerprint density at radius 3 is 2.41 bits per heavy atom. The van der Waals surface area contributed by atoms with Gasteiger partial charge in [-0.25, -0.2) is 4.39 Å². The van der Waals surface area contributed by atoms with Gasteiger partial charge in [0, 0.05) is 29.8 Å². The van der Waals surface area contributed by atoms with Crippen molar-refractivity contribution in [2.75, 3.05) is 26.8 Å². The maximum absolute atomic E-state index is 14.0. The van der Waals surface area contributed by atoms with Crippen LogP contribution in [0.5, 0.6) is 11.5 Å². The van der Waals surface area contributed by atoms with Gasteiger partial charge in [0.25, 0.3) is 5.91 Å². The summed E-state index contributed by atoms with van der Waals surface area (Å²) in [5.41, 5.74) is 0.472. The number of carbonyl (C=O) groups excluding carboxylic acids is 2. The van der Waals surface area contributed by atoms with E-state index in [2.05, 4.69) is 5.32 Å². The van der Waals surface area contributed by atoms with Crippen molar-refractivity contribution in [2.45, 2.75) is 43.4 Å². The molecule has 1 heterocycles. The third-order valence-corrected chi connectivity index (χ3v) is 8.11. The van der Waals surface area contributed by atoms with E-state index in [9.17, 15) is 42.5 Å². The molecule has 0 saturated heterocycles. The normalized spacial score (nSPS) is 20.2. The van der Waals surface area contributed by atoms with Crippen LogP contribution in [0.3, 0.4) is 0 Å². The number of methoxy groups -OCH3 is 1. The zero-order valence-corrected chi connectivity index (χ0v) is 24.6. The number of rotatable bonds is 10. The van der Waals surface area contributed by atoms with E-state index in [1.807, 2.05) is 0 Å². The fourth-order valence-electron chi connectivity index (χ4n) is 5.91. The predicted molar refractivity (Wildman–Crippen MR) is 157 cm³/mol. The predicted octanol–water partition coefficient (Wildman–Crippen LogP) is 3.35. The first kappa shape index (κ1) is 32.9. The van der Waals surface area contributed by atoms with E-state index in [1.165, 1.54) is 36.3 Å². The molecular weight excluding hydrogens is 612 g/mol. The Labute approximate surface area is 261 Å². The van der Waals surface area contributed by atoms with Gasteiger partial charge in [0.15, 0.2) is 11.5 Å². The smallest absolute Gasteiger partial charge is 0.416 e. The first-order valence-corrected chi connectivity index (χ1v) is 14.5. The minimum atomic E-state index is -4.63. The third-order valence-electron chi connectivity index (χ3n) is 8.11. The van der Waals surface area contributed by atoms with Gasteiger partial charge >= 0.3 is 6.18 Å². The van der Waals surface area contributed by atoms with E-state index >= 15 is 0 Å². The van der Waals surface area contributed by atoms with Crippen molar-refractivity contribution in [3.05, 3.63) is 106 Å². The lowest BCUT2D eigenvalue weighted by atomic mass is 9.77. The number of alkyl halides is 3. The van der Waals surface area contributed by atoms with Crippen LogP contribution in [0.15, 0.2) is 72.3 Å². The van der Waals surface area contributed by atoms with E-state index in [1.54, 1.807) is 18.2 Å². The van der Waals surface area contributed by atoms with Gasteiger partial charge in [0.05, 0.1) is 37.8 Å². The number of aliphatic hydroxyl groups is 3. The number of halogens is 4. The van der Waals surface area contributed by atoms with Gasteiger partial charge in [-0.1, -0.05) is 12.1 Å². The van der Waals surface area contributed by atoms with Gasteiger partial charge in [0.1, 0.15) is 18.0 Å². The topological polar surface area (TPSA) is 129 Å². The van der Waals surface area contributed by atoms with E-state index in [-0.39, 0.29) is 55.4 Å². The summed E-state index contributed by atoms with van der Waals surface area (Å²) in [5.74, 6) is -2.25. The summed E-state index contributed by atoms with van der Waals surface area (Å²) in [4.78, 5) is 28.7. The van der Waals surface area contributed by atoms with Crippen molar-refractivity contribution in [3.63, 3.8) is 0 Å². The zero-order valence-electron chi connectivity index (χ0n) is 24.6. The highest BCUT2D eigenvalue weighted by molar-refractivity contribution is 5.97. The Hall–Kier alpha value is -4.46. The molecule has 1 aliphatic heterocycles. The Balaban J connectivity index is 1.59. The number of hydrogen-bond donors (Lipinski definition) is 4. The molecule has 244 valence electrons. The summed E-state index contributed by atoms with van der Waals surface area (Å²) in [6.45, 7) is -0.921. The molecule has 0 aromatic heterocycles. The van der Waals surface area contributed by atoms with Gasteiger partial charge in [0.2, 0.25) is 5.91 Å². The lowest BCUT2D eigenvalue weighted by molar-refractivity contribution is -0.137. The summed E-state index contributed by atoms with van der Waals surface area (Å²) in [5, 5.41) is 33.6. The molecule has 0 bridgehead atoms. The Bertz CT molecular complexity index is 1630. The first-order chi connectivity index (χ1) is 22.0. The van der Waals surface area contributed by atoms with Gasteiger partial charge in [-0.3, -0.25) is 9.59 Å². The maximum atomic E-state index is 14.0. The minimum Gasteiger partial charge on any atom is -0.493 e. The second kappa shape index (κ2) is 13.5. The number of amides is 2. The van der Waals surface area contributed by atoms with Crippen LogP contribution in [0, 0.1) is 5.82 Å². The molecule has 0 fully saturated rings. The number of fused-ring (bicyclic) bond motifs is 3. The summed E-state index contributed by atoms with van der Waals surface area (Å²) < 4.78 is 65.4. The minimum absolute atomic E-state index is 0.0950. The fourth-order valence-corrected chi connectivity index (χ4v) is 5.91. The molecule has 3 aromatic rings. The molecule has 0 saturated carbocycles. The van der Waals surface area contributed by atoms with Crippen LogP contribution in [0.1, 0.15) is 38.5 Å². The number of hydrogen-bond acceptors (Lipinski definition) is 7. The Morgan fingerprint density at radius 1 is 1.04 bits per heavy atom. The Morgan fingerprint density at radius 2 is 1.78 bits per heavy atom. The lowest BCUT2D eigenvalue weighted by Crippen LogP contribution is -2.56. The maximum Gasteiger partial charge on any atom is 0.416 e. The molecule has 9 nitrogen and oxygen atoms in total. The van der Waals surface area contributed by atoms with Gasteiger partial charge in [-0.15, -0.1) is 0 Å². The average Bonchev–Trinajstić information content (AvgIpc) is 3.43. The van der Waals surface area contributed by atoms with E-state index in [4.69, 9.17) is 9.47 Å². The van der Waals surface area contributed by atoms with Gasteiger partial charge in [-0.05, 0) is 72.2 Å². The summed E-state index contributed by atoms with van der Waals surface area (Å²) in [7, 11) is 1.39. The van der Waals surface area contributed by atoms with Crippen LogP contribution in [0.25, 0.3) is 0 Å². The van der Waals surface area contributed by atoms with E-state index < -0.39 is 53.5 Å². The van der Waals surface area contributed by atoms with Crippen molar-refractivity contribution in [3.8, 4) is 11.5 Å². The van der Waals surface area contributed by atoms with Gasteiger partial charge < -0.3 is 35.0 Å². The SMILES string of the molecule is COc1cc(CO)cc2c1OC1C2C(C(=O)NCCO)=CC(N(CCc2cccc(F)c2)C(=O)c2ccc(C(F)(F)F)cc2)C1O. The molecule has 2 aliphatic rings. The molecule has 4 unspecified atom stereocenters. The standard InChI is InChI=1S/C33H32F4N2O7/c1-45-26-15-19(17-41)14-23-27-24(31(43)38-10-12-40)16-25(28(42)30(27)46-29(23)26)39(11-9-18-3-2-4-22(34)13-18)32(44)20-5-7-21(8-6-20)33(35,36)37/h2-8,13-16,25,27-28,30,40-42H,9-12,17H2,1H3,(H,38,43). The zero-order chi connectivity index (χ0) is 33.2. The second-order valence-corrected chi connectivity index (χ2v) is 11.0. The highest BCUT2D eigenvalue weighted by Crippen LogP contribution is 2.51. The van der Waals surface area contributed by atoms with Crippen LogP contribution in [-0.2, 0) is 24.0 Å². The molecule has 46 heavy (non-hydrogen) atoms.